The van der Waals surface area contributed by atoms with E-state index < -0.39 is 18.5 Å². The quantitative estimate of drug-likeness (QED) is 0.331. The van der Waals surface area contributed by atoms with E-state index in [1.807, 2.05) is 0 Å². The highest BCUT2D eigenvalue weighted by atomic mass is 32.2. The van der Waals surface area contributed by atoms with Crippen LogP contribution in [0.4, 0.5) is 11.4 Å². The van der Waals surface area contributed by atoms with Gasteiger partial charge in [0.1, 0.15) is 11.5 Å². The van der Waals surface area contributed by atoms with Crippen molar-refractivity contribution in [3.63, 3.8) is 0 Å². The van der Waals surface area contributed by atoms with Gasteiger partial charge in [-0.05, 0) is 36.4 Å². The highest BCUT2D eigenvalue weighted by Gasteiger charge is 2.16. The Hall–Kier alpha value is -3.98. The average Bonchev–Trinajstić information content (AvgIpc) is 2.86. The number of methoxy groups -OCH3 is 2. The number of amides is 2. The van der Waals surface area contributed by atoms with Crippen LogP contribution in [0.1, 0.15) is 10.4 Å². The van der Waals surface area contributed by atoms with E-state index in [9.17, 15) is 14.4 Å². The third-order valence-corrected chi connectivity index (χ3v) is 5.58. The average molecular weight is 481 g/mol. The molecule has 0 aliphatic heterocycles. The first kappa shape index (κ1) is 24.7. The van der Waals surface area contributed by atoms with Gasteiger partial charge in [0, 0.05) is 28.4 Å². The molecule has 0 aliphatic rings. The Kier molecular flexibility index (Phi) is 8.93. The summed E-state index contributed by atoms with van der Waals surface area (Å²) in [5.74, 6) is -0.0663. The minimum absolute atomic E-state index is 0.0812. The lowest BCUT2D eigenvalue weighted by molar-refractivity contribution is -0.119. The minimum atomic E-state index is -0.655. The van der Waals surface area contributed by atoms with Crippen molar-refractivity contribution in [2.24, 2.45) is 0 Å². The van der Waals surface area contributed by atoms with Crippen LogP contribution in [0.25, 0.3) is 0 Å². The Balaban J connectivity index is 1.53. The molecule has 0 atom stereocenters. The lowest BCUT2D eigenvalue weighted by atomic mass is 10.2. The van der Waals surface area contributed by atoms with Crippen molar-refractivity contribution in [3.8, 4) is 11.5 Å². The molecular formula is C25H24N2O6S. The molecule has 0 fully saturated rings. The summed E-state index contributed by atoms with van der Waals surface area (Å²) in [7, 11) is 3.08. The van der Waals surface area contributed by atoms with Crippen molar-refractivity contribution >= 4 is 40.9 Å². The summed E-state index contributed by atoms with van der Waals surface area (Å²) >= 11 is 1.20. The van der Waals surface area contributed by atoms with Crippen LogP contribution in [-0.4, -0.2) is 44.4 Å². The number of carbonyl (C=O) groups excluding carboxylic acids is 3. The normalized spacial score (nSPS) is 10.2. The third-order valence-electron chi connectivity index (χ3n) is 4.51. The van der Waals surface area contributed by atoms with Crippen LogP contribution in [0, 0.1) is 0 Å². The zero-order valence-electron chi connectivity index (χ0n) is 18.7. The molecule has 0 aliphatic carbocycles. The maximum Gasteiger partial charge on any atom is 0.339 e. The van der Waals surface area contributed by atoms with Crippen molar-refractivity contribution in [2.45, 2.75) is 4.90 Å². The number of thioether (sulfide) groups is 1. The fraction of sp³-hybridized carbons (Fsp3) is 0.160. The Bertz CT molecular complexity index is 1170. The Morgan fingerprint density at radius 3 is 1.97 bits per heavy atom. The van der Waals surface area contributed by atoms with E-state index in [1.54, 1.807) is 79.9 Å². The van der Waals surface area contributed by atoms with Crippen LogP contribution in [0.2, 0.25) is 0 Å². The van der Waals surface area contributed by atoms with E-state index in [2.05, 4.69) is 10.6 Å². The summed E-state index contributed by atoms with van der Waals surface area (Å²) < 4.78 is 15.4. The summed E-state index contributed by atoms with van der Waals surface area (Å²) in [6.45, 7) is -0.453. The molecule has 0 spiro atoms. The highest BCUT2D eigenvalue weighted by molar-refractivity contribution is 8.00. The number of hydrogen-bond acceptors (Lipinski definition) is 7. The van der Waals surface area contributed by atoms with Gasteiger partial charge in [0.2, 0.25) is 5.91 Å². The Morgan fingerprint density at radius 2 is 1.35 bits per heavy atom. The SMILES string of the molecule is COc1cccc(NC(=O)COC(=O)c2ccccc2SCC(=O)Nc2cccc(OC)c2)c1. The first-order valence-electron chi connectivity index (χ1n) is 10.2. The van der Waals surface area contributed by atoms with Crippen LogP contribution in [-0.2, 0) is 14.3 Å². The van der Waals surface area contributed by atoms with E-state index in [0.717, 1.165) is 0 Å². The summed E-state index contributed by atoms with van der Waals surface area (Å²) in [4.78, 5) is 37.7. The van der Waals surface area contributed by atoms with E-state index in [-0.39, 0.29) is 17.2 Å². The van der Waals surface area contributed by atoms with Gasteiger partial charge in [-0.2, -0.15) is 0 Å². The van der Waals surface area contributed by atoms with Gasteiger partial charge in [-0.25, -0.2) is 4.79 Å². The largest absolute Gasteiger partial charge is 0.497 e. The molecule has 0 saturated heterocycles. The van der Waals surface area contributed by atoms with Crippen molar-refractivity contribution in [1.82, 2.24) is 0 Å². The second-order valence-electron chi connectivity index (χ2n) is 6.92. The van der Waals surface area contributed by atoms with E-state index in [4.69, 9.17) is 14.2 Å². The number of anilines is 2. The topological polar surface area (TPSA) is 103 Å². The van der Waals surface area contributed by atoms with Gasteiger partial charge in [-0.3, -0.25) is 9.59 Å². The van der Waals surface area contributed by atoms with Gasteiger partial charge < -0.3 is 24.8 Å². The number of esters is 1. The molecule has 34 heavy (non-hydrogen) atoms. The van der Waals surface area contributed by atoms with Crippen molar-refractivity contribution in [3.05, 3.63) is 78.4 Å². The summed E-state index contributed by atoms with van der Waals surface area (Å²) in [5, 5.41) is 5.44. The van der Waals surface area contributed by atoms with E-state index in [0.29, 0.717) is 27.8 Å². The second-order valence-corrected chi connectivity index (χ2v) is 7.94. The fourth-order valence-corrected chi connectivity index (χ4v) is 3.75. The predicted octanol–water partition coefficient (Wildman–Crippen LogP) is 4.23. The van der Waals surface area contributed by atoms with Gasteiger partial charge >= 0.3 is 5.97 Å². The van der Waals surface area contributed by atoms with Gasteiger partial charge in [0.05, 0.1) is 25.5 Å². The molecule has 3 aromatic carbocycles. The zero-order valence-corrected chi connectivity index (χ0v) is 19.5. The first-order chi connectivity index (χ1) is 16.5. The number of rotatable bonds is 10. The Labute approximate surface area is 201 Å². The molecule has 2 amide bonds. The van der Waals surface area contributed by atoms with Crippen molar-refractivity contribution in [2.75, 3.05) is 37.2 Å². The van der Waals surface area contributed by atoms with Gasteiger partial charge in [0.15, 0.2) is 6.61 Å². The molecule has 0 bridgehead atoms. The molecule has 3 rings (SSSR count). The summed E-state index contributed by atoms with van der Waals surface area (Å²) in [5.41, 5.74) is 1.41. The lowest BCUT2D eigenvalue weighted by Crippen LogP contribution is -2.21. The monoisotopic (exact) mass is 480 g/mol. The molecular weight excluding hydrogens is 456 g/mol. The van der Waals surface area contributed by atoms with Crippen LogP contribution in [0.15, 0.2) is 77.7 Å². The number of nitrogens with one attached hydrogen (secondary N) is 2. The summed E-state index contributed by atoms with van der Waals surface area (Å²) in [6, 6.07) is 20.6. The molecule has 0 saturated carbocycles. The maximum atomic E-state index is 12.6. The van der Waals surface area contributed by atoms with Gasteiger partial charge in [-0.15, -0.1) is 11.8 Å². The number of carbonyl (C=O) groups is 3. The predicted molar refractivity (Wildman–Crippen MR) is 131 cm³/mol. The standard InChI is InChI=1S/C25H24N2O6S/c1-31-19-9-5-7-17(13-19)26-23(28)15-33-25(30)21-11-3-4-12-22(21)34-16-24(29)27-18-8-6-10-20(14-18)32-2/h3-14H,15-16H2,1-2H3,(H,26,28)(H,27,29). The molecule has 0 aromatic heterocycles. The van der Waals surface area contributed by atoms with Crippen LogP contribution < -0.4 is 20.1 Å². The van der Waals surface area contributed by atoms with Crippen molar-refractivity contribution in [1.29, 1.82) is 0 Å². The lowest BCUT2D eigenvalue weighted by Gasteiger charge is -2.11. The number of hydrogen-bond donors (Lipinski definition) is 2. The van der Waals surface area contributed by atoms with Crippen LogP contribution in [0.5, 0.6) is 11.5 Å². The minimum Gasteiger partial charge on any atom is -0.497 e. The van der Waals surface area contributed by atoms with Crippen LogP contribution >= 0.6 is 11.8 Å². The Morgan fingerprint density at radius 1 is 0.765 bits per heavy atom. The van der Waals surface area contributed by atoms with Gasteiger partial charge in [-0.1, -0.05) is 24.3 Å². The molecule has 2 N–H and O–H groups in total. The molecule has 9 heteroatoms. The molecule has 176 valence electrons. The smallest absolute Gasteiger partial charge is 0.339 e. The molecule has 0 radical (unpaired) electrons. The zero-order chi connectivity index (χ0) is 24.3. The van der Waals surface area contributed by atoms with Crippen LogP contribution in [0.3, 0.4) is 0 Å². The van der Waals surface area contributed by atoms with Gasteiger partial charge in [0.25, 0.3) is 5.91 Å². The van der Waals surface area contributed by atoms with E-state index in [1.165, 1.54) is 18.9 Å². The number of benzene rings is 3. The fourth-order valence-electron chi connectivity index (χ4n) is 2.91. The maximum absolute atomic E-state index is 12.6. The molecule has 3 aromatic rings. The summed E-state index contributed by atoms with van der Waals surface area (Å²) in [6.07, 6.45) is 0. The van der Waals surface area contributed by atoms with Crippen molar-refractivity contribution < 1.29 is 28.6 Å². The number of ether oxygens (including phenoxy) is 3. The molecule has 0 heterocycles. The highest BCUT2D eigenvalue weighted by Crippen LogP contribution is 2.24. The second kappa shape index (κ2) is 12.3. The third kappa shape index (κ3) is 7.28. The molecule has 0 unspecified atom stereocenters. The molecule has 8 nitrogen and oxygen atoms in total. The van der Waals surface area contributed by atoms with E-state index >= 15 is 0 Å². The first-order valence-corrected chi connectivity index (χ1v) is 11.2.